The number of carbonyl (C=O) groups excluding carboxylic acids is 1. The highest BCUT2D eigenvalue weighted by Crippen LogP contribution is 2.20. The summed E-state index contributed by atoms with van der Waals surface area (Å²) < 4.78 is 40.9. The Morgan fingerprint density at radius 2 is 1.70 bits per heavy atom. The molecule has 1 aliphatic rings. The largest absolute Gasteiger partial charge is 0.336 e. The Bertz CT molecular complexity index is 999. The number of benzene rings is 2. The van der Waals surface area contributed by atoms with E-state index in [0.29, 0.717) is 30.3 Å². The van der Waals surface area contributed by atoms with E-state index in [-0.39, 0.29) is 16.4 Å². The topological polar surface area (TPSA) is 69.7 Å². The van der Waals surface area contributed by atoms with Gasteiger partial charge in [-0.2, -0.15) is 0 Å². The van der Waals surface area contributed by atoms with Crippen LogP contribution in [0.4, 0.5) is 10.1 Å². The van der Waals surface area contributed by atoms with E-state index >= 15 is 0 Å². The third-order valence-electron chi connectivity index (χ3n) is 5.11. The number of sulfonamides is 1. The Balaban J connectivity index is 1.63. The van der Waals surface area contributed by atoms with E-state index in [2.05, 4.69) is 23.5 Å². The van der Waals surface area contributed by atoms with Crippen LogP contribution in [0.1, 0.15) is 29.8 Å². The highest BCUT2D eigenvalue weighted by Gasteiger charge is 2.22. The Morgan fingerprint density at radius 3 is 2.27 bits per heavy atom. The fourth-order valence-corrected chi connectivity index (χ4v) is 4.66. The Morgan fingerprint density at radius 1 is 1.07 bits per heavy atom. The van der Waals surface area contributed by atoms with Gasteiger partial charge in [-0.05, 0) is 60.9 Å². The van der Waals surface area contributed by atoms with E-state index in [0.717, 1.165) is 25.7 Å². The lowest BCUT2D eigenvalue weighted by Gasteiger charge is -2.35. The molecule has 0 spiro atoms. The van der Waals surface area contributed by atoms with Crippen LogP contribution in [0, 0.1) is 18.7 Å². The minimum absolute atomic E-state index is 0.0131. The number of aryl methyl sites for hydroxylation is 1. The van der Waals surface area contributed by atoms with Gasteiger partial charge in [-0.3, -0.25) is 14.4 Å². The molecule has 0 unspecified atom stereocenters. The zero-order valence-corrected chi connectivity index (χ0v) is 18.4. The molecule has 3 rings (SSSR count). The van der Waals surface area contributed by atoms with Crippen molar-refractivity contribution in [3.8, 4) is 0 Å². The van der Waals surface area contributed by atoms with Crippen molar-refractivity contribution in [2.24, 2.45) is 5.92 Å². The number of hydrogen-bond donors (Lipinski definition) is 1. The lowest BCUT2D eigenvalue weighted by molar-refractivity contribution is 0.0624. The van der Waals surface area contributed by atoms with Crippen LogP contribution in [0.5, 0.6) is 0 Å². The lowest BCUT2D eigenvalue weighted by Crippen LogP contribution is -2.49. The smallest absolute Gasteiger partial charge is 0.261 e. The number of anilines is 1. The summed E-state index contributed by atoms with van der Waals surface area (Å²) >= 11 is 0. The fraction of sp³-hybridized carbons (Fsp3) is 0.409. The second-order valence-corrected chi connectivity index (χ2v) is 9.76. The fourth-order valence-electron chi connectivity index (χ4n) is 3.51. The first-order valence-electron chi connectivity index (χ1n) is 10.1. The average Bonchev–Trinajstić information content (AvgIpc) is 2.70. The summed E-state index contributed by atoms with van der Waals surface area (Å²) in [6, 6.07) is 10.0. The van der Waals surface area contributed by atoms with Crippen LogP contribution in [-0.2, 0) is 10.0 Å². The van der Waals surface area contributed by atoms with Crippen LogP contribution in [0.25, 0.3) is 0 Å². The minimum Gasteiger partial charge on any atom is -0.336 e. The predicted octanol–water partition coefficient (Wildman–Crippen LogP) is 3.35. The molecular formula is C22H28FN3O3S. The molecule has 0 aliphatic carbocycles. The number of piperazine rings is 1. The summed E-state index contributed by atoms with van der Waals surface area (Å²) in [4.78, 5) is 16.9. The van der Waals surface area contributed by atoms with E-state index in [1.54, 1.807) is 24.3 Å². The zero-order chi connectivity index (χ0) is 21.9. The third-order valence-corrected chi connectivity index (χ3v) is 6.49. The summed E-state index contributed by atoms with van der Waals surface area (Å²) in [5.74, 6) is 0.0898. The number of amides is 1. The number of hydrogen-bond acceptors (Lipinski definition) is 4. The summed E-state index contributed by atoms with van der Waals surface area (Å²) in [5, 5.41) is 0. The Hall–Kier alpha value is -2.45. The SMILES string of the molecule is Cc1cc(S(=O)(=O)Nc2ccc(C(=O)N3CCN(CC(C)C)CC3)cc2)ccc1F. The molecular weight excluding hydrogens is 405 g/mol. The number of nitrogens with zero attached hydrogens (tertiary/aromatic N) is 2. The summed E-state index contributed by atoms with van der Waals surface area (Å²) in [6.45, 7) is 10.0. The average molecular weight is 434 g/mol. The molecule has 2 aromatic rings. The number of nitrogens with one attached hydrogen (secondary N) is 1. The molecule has 8 heteroatoms. The molecule has 162 valence electrons. The minimum atomic E-state index is -3.84. The molecule has 0 saturated carbocycles. The summed E-state index contributed by atoms with van der Waals surface area (Å²) in [6.07, 6.45) is 0. The van der Waals surface area contributed by atoms with Crippen LogP contribution >= 0.6 is 0 Å². The first-order valence-corrected chi connectivity index (χ1v) is 11.5. The number of halogens is 1. The summed E-state index contributed by atoms with van der Waals surface area (Å²) in [5.41, 5.74) is 1.12. The van der Waals surface area contributed by atoms with E-state index in [9.17, 15) is 17.6 Å². The molecule has 0 aromatic heterocycles. The normalized spacial score (nSPS) is 15.4. The molecule has 1 amide bonds. The van der Waals surface area contributed by atoms with Crippen molar-refractivity contribution in [3.05, 3.63) is 59.4 Å². The van der Waals surface area contributed by atoms with E-state index in [4.69, 9.17) is 0 Å². The van der Waals surface area contributed by atoms with Gasteiger partial charge < -0.3 is 4.90 Å². The number of rotatable bonds is 6. The van der Waals surface area contributed by atoms with Crippen LogP contribution in [0.2, 0.25) is 0 Å². The molecule has 2 aromatic carbocycles. The summed E-state index contributed by atoms with van der Waals surface area (Å²) in [7, 11) is -3.84. The van der Waals surface area contributed by atoms with Gasteiger partial charge in [0.1, 0.15) is 5.82 Å². The van der Waals surface area contributed by atoms with Gasteiger partial charge in [0.2, 0.25) is 0 Å². The van der Waals surface area contributed by atoms with Gasteiger partial charge in [0.25, 0.3) is 15.9 Å². The van der Waals surface area contributed by atoms with E-state index in [1.165, 1.54) is 19.1 Å². The van der Waals surface area contributed by atoms with Crippen molar-refractivity contribution in [1.82, 2.24) is 9.80 Å². The molecule has 1 N–H and O–H groups in total. The molecule has 6 nitrogen and oxygen atoms in total. The van der Waals surface area contributed by atoms with Gasteiger partial charge in [-0.15, -0.1) is 0 Å². The predicted molar refractivity (Wildman–Crippen MR) is 116 cm³/mol. The van der Waals surface area contributed by atoms with Crippen LogP contribution in [0.15, 0.2) is 47.4 Å². The molecule has 1 heterocycles. The van der Waals surface area contributed by atoms with Gasteiger partial charge in [0, 0.05) is 44.0 Å². The van der Waals surface area contributed by atoms with Crippen molar-refractivity contribution < 1.29 is 17.6 Å². The Kier molecular flexibility index (Phi) is 6.77. The maximum absolute atomic E-state index is 13.4. The molecule has 0 bridgehead atoms. The quantitative estimate of drug-likeness (QED) is 0.759. The molecule has 0 radical (unpaired) electrons. The maximum atomic E-state index is 13.4. The first-order chi connectivity index (χ1) is 14.2. The van der Waals surface area contributed by atoms with Crippen molar-refractivity contribution in [1.29, 1.82) is 0 Å². The Labute approximate surface area is 177 Å². The van der Waals surface area contributed by atoms with Crippen molar-refractivity contribution in [2.75, 3.05) is 37.4 Å². The second kappa shape index (κ2) is 9.14. The molecule has 1 saturated heterocycles. The van der Waals surface area contributed by atoms with Crippen molar-refractivity contribution >= 4 is 21.6 Å². The van der Waals surface area contributed by atoms with Crippen LogP contribution in [-0.4, -0.2) is 56.8 Å². The highest BCUT2D eigenvalue weighted by atomic mass is 32.2. The maximum Gasteiger partial charge on any atom is 0.261 e. The molecule has 30 heavy (non-hydrogen) atoms. The first kappa shape index (κ1) is 22.2. The van der Waals surface area contributed by atoms with Gasteiger partial charge in [-0.1, -0.05) is 13.8 Å². The van der Waals surface area contributed by atoms with Crippen molar-refractivity contribution in [3.63, 3.8) is 0 Å². The van der Waals surface area contributed by atoms with E-state index < -0.39 is 15.8 Å². The molecule has 1 fully saturated rings. The van der Waals surface area contributed by atoms with Crippen LogP contribution < -0.4 is 4.72 Å². The molecule has 0 atom stereocenters. The van der Waals surface area contributed by atoms with Gasteiger partial charge >= 0.3 is 0 Å². The second-order valence-electron chi connectivity index (χ2n) is 8.08. The van der Waals surface area contributed by atoms with Gasteiger partial charge in [0.05, 0.1) is 4.90 Å². The third kappa shape index (κ3) is 5.37. The molecule has 1 aliphatic heterocycles. The van der Waals surface area contributed by atoms with Gasteiger partial charge in [-0.25, -0.2) is 12.8 Å². The van der Waals surface area contributed by atoms with Crippen LogP contribution in [0.3, 0.4) is 0 Å². The zero-order valence-electron chi connectivity index (χ0n) is 17.6. The number of carbonyl (C=O) groups is 1. The van der Waals surface area contributed by atoms with E-state index in [1.807, 2.05) is 4.90 Å². The highest BCUT2D eigenvalue weighted by molar-refractivity contribution is 7.92. The van der Waals surface area contributed by atoms with Gasteiger partial charge in [0.15, 0.2) is 0 Å². The lowest BCUT2D eigenvalue weighted by atomic mass is 10.1. The monoisotopic (exact) mass is 433 g/mol. The van der Waals surface area contributed by atoms with Crippen molar-refractivity contribution in [2.45, 2.75) is 25.7 Å². The standard InChI is InChI=1S/C22H28FN3O3S/c1-16(2)15-25-10-12-26(13-11-25)22(27)18-4-6-19(7-5-18)24-30(28,29)20-8-9-21(23)17(3)14-20/h4-9,14,16,24H,10-13,15H2,1-3H3.